The van der Waals surface area contributed by atoms with E-state index in [4.69, 9.17) is 16.7 Å². The number of hydrogen-bond acceptors (Lipinski definition) is 2. The van der Waals surface area contributed by atoms with Crippen molar-refractivity contribution in [1.82, 2.24) is 4.90 Å². The first-order valence-electron chi connectivity index (χ1n) is 6.46. The van der Waals surface area contributed by atoms with Gasteiger partial charge >= 0.3 is 5.97 Å². The highest BCUT2D eigenvalue weighted by Crippen LogP contribution is 2.25. The van der Waals surface area contributed by atoms with E-state index in [1.165, 1.54) is 12.1 Å². The molecule has 0 amide bonds. The van der Waals surface area contributed by atoms with Crippen molar-refractivity contribution in [3.8, 4) is 0 Å². The van der Waals surface area contributed by atoms with Crippen LogP contribution >= 0.6 is 11.6 Å². The number of benzene rings is 1. The molecule has 1 aliphatic heterocycles. The van der Waals surface area contributed by atoms with Crippen molar-refractivity contribution in [2.45, 2.75) is 38.3 Å². The van der Waals surface area contributed by atoms with Crippen molar-refractivity contribution < 1.29 is 14.3 Å². The summed E-state index contributed by atoms with van der Waals surface area (Å²) in [6.07, 6.45) is 3.10. The lowest BCUT2D eigenvalue weighted by Gasteiger charge is -2.35. The van der Waals surface area contributed by atoms with Gasteiger partial charge in [0.25, 0.3) is 0 Å². The molecule has 2 rings (SSSR count). The van der Waals surface area contributed by atoms with E-state index in [1.807, 2.05) is 0 Å². The van der Waals surface area contributed by atoms with Gasteiger partial charge in [-0.25, -0.2) is 4.39 Å². The first kappa shape index (κ1) is 14.3. The van der Waals surface area contributed by atoms with Gasteiger partial charge in [-0.05, 0) is 43.1 Å². The second-order valence-corrected chi connectivity index (χ2v) is 5.36. The summed E-state index contributed by atoms with van der Waals surface area (Å²) >= 11 is 6.06. The molecule has 104 valence electrons. The minimum atomic E-state index is -0.790. The van der Waals surface area contributed by atoms with Crippen molar-refractivity contribution in [3.05, 3.63) is 34.6 Å². The van der Waals surface area contributed by atoms with Gasteiger partial charge < -0.3 is 5.11 Å². The molecule has 0 aromatic heterocycles. The van der Waals surface area contributed by atoms with Crippen molar-refractivity contribution in [1.29, 1.82) is 0 Å². The molecule has 0 aliphatic carbocycles. The van der Waals surface area contributed by atoms with Gasteiger partial charge in [-0.1, -0.05) is 18.0 Å². The number of aliphatic carboxylic acids is 1. The summed E-state index contributed by atoms with van der Waals surface area (Å²) in [5.41, 5.74) is 0.721. The molecule has 1 aliphatic rings. The molecule has 5 heteroatoms. The third-order valence-electron chi connectivity index (χ3n) is 3.54. The molecule has 0 saturated carbocycles. The number of piperidine rings is 1. The summed E-state index contributed by atoms with van der Waals surface area (Å²) in [5.74, 6) is -1.10. The molecule has 0 bridgehead atoms. The zero-order valence-electron chi connectivity index (χ0n) is 10.6. The Morgan fingerprint density at radius 3 is 3.00 bits per heavy atom. The van der Waals surface area contributed by atoms with Crippen LogP contribution in [0.2, 0.25) is 5.02 Å². The van der Waals surface area contributed by atoms with E-state index >= 15 is 0 Å². The summed E-state index contributed by atoms with van der Waals surface area (Å²) in [6, 6.07) is 4.32. The van der Waals surface area contributed by atoms with E-state index < -0.39 is 5.97 Å². The van der Waals surface area contributed by atoms with Gasteiger partial charge in [0.1, 0.15) is 5.82 Å². The van der Waals surface area contributed by atoms with Crippen LogP contribution in [0.5, 0.6) is 0 Å². The highest BCUT2D eigenvalue weighted by Gasteiger charge is 2.25. The average Bonchev–Trinajstić information content (AvgIpc) is 2.35. The Labute approximate surface area is 117 Å². The molecule has 1 saturated heterocycles. The number of likely N-dealkylation sites (tertiary alicyclic amines) is 1. The van der Waals surface area contributed by atoms with Crippen molar-refractivity contribution >= 4 is 17.6 Å². The van der Waals surface area contributed by atoms with E-state index in [9.17, 15) is 9.18 Å². The van der Waals surface area contributed by atoms with Gasteiger partial charge in [-0.2, -0.15) is 0 Å². The van der Waals surface area contributed by atoms with E-state index in [-0.39, 0.29) is 18.3 Å². The van der Waals surface area contributed by atoms with Crippen molar-refractivity contribution in [2.24, 2.45) is 0 Å². The second-order valence-electron chi connectivity index (χ2n) is 4.95. The molecular formula is C14H17ClFNO2. The SMILES string of the molecule is O=C(O)CC1CCCCN1Cc1cc(F)ccc1Cl. The normalized spacial score (nSPS) is 20.4. The Bertz CT molecular complexity index is 467. The quantitative estimate of drug-likeness (QED) is 0.923. The molecule has 1 fully saturated rings. The zero-order chi connectivity index (χ0) is 13.8. The Morgan fingerprint density at radius 2 is 2.26 bits per heavy atom. The topological polar surface area (TPSA) is 40.5 Å². The van der Waals surface area contributed by atoms with Crippen LogP contribution in [0, 0.1) is 5.82 Å². The van der Waals surface area contributed by atoms with Crippen LogP contribution in [0.3, 0.4) is 0 Å². The van der Waals surface area contributed by atoms with Crippen LogP contribution in [0.15, 0.2) is 18.2 Å². The highest BCUT2D eigenvalue weighted by atomic mass is 35.5. The van der Waals surface area contributed by atoms with Crippen LogP contribution in [-0.2, 0) is 11.3 Å². The number of carboxylic acids is 1. The predicted octanol–water partition coefficient (Wildman–Crippen LogP) is 3.31. The number of halogens is 2. The second kappa shape index (κ2) is 6.35. The minimum absolute atomic E-state index is 0.0191. The maximum atomic E-state index is 13.2. The minimum Gasteiger partial charge on any atom is -0.481 e. The average molecular weight is 286 g/mol. The van der Waals surface area contributed by atoms with Crippen LogP contribution in [-0.4, -0.2) is 28.6 Å². The van der Waals surface area contributed by atoms with E-state index in [1.54, 1.807) is 6.07 Å². The summed E-state index contributed by atoms with van der Waals surface area (Å²) in [6.45, 7) is 1.35. The Morgan fingerprint density at radius 1 is 1.47 bits per heavy atom. The first-order valence-corrected chi connectivity index (χ1v) is 6.84. The summed E-state index contributed by atoms with van der Waals surface area (Å²) < 4.78 is 13.2. The molecule has 1 N–H and O–H groups in total. The van der Waals surface area contributed by atoms with Crippen LogP contribution in [0.4, 0.5) is 4.39 Å². The smallest absolute Gasteiger partial charge is 0.304 e. The molecule has 0 spiro atoms. The zero-order valence-corrected chi connectivity index (χ0v) is 11.4. The summed E-state index contributed by atoms with van der Waals surface area (Å²) in [7, 11) is 0. The number of rotatable bonds is 4. The Balaban J connectivity index is 2.10. The van der Waals surface area contributed by atoms with Gasteiger partial charge in [0, 0.05) is 17.6 Å². The van der Waals surface area contributed by atoms with E-state index in [0.29, 0.717) is 11.6 Å². The van der Waals surface area contributed by atoms with Crippen molar-refractivity contribution in [3.63, 3.8) is 0 Å². The Hall–Kier alpha value is -1.13. The lowest BCUT2D eigenvalue weighted by molar-refractivity contribution is -0.138. The molecule has 1 aromatic carbocycles. The van der Waals surface area contributed by atoms with E-state index in [0.717, 1.165) is 31.4 Å². The third kappa shape index (κ3) is 3.91. The molecule has 1 aromatic rings. The summed E-state index contributed by atoms with van der Waals surface area (Å²) in [4.78, 5) is 13.0. The first-order chi connectivity index (χ1) is 9.06. The fourth-order valence-electron chi connectivity index (χ4n) is 2.58. The number of nitrogens with zero attached hydrogens (tertiary/aromatic N) is 1. The largest absolute Gasteiger partial charge is 0.481 e. The van der Waals surface area contributed by atoms with Gasteiger partial charge in [-0.3, -0.25) is 9.69 Å². The predicted molar refractivity (Wildman–Crippen MR) is 71.7 cm³/mol. The van der Waals surface area contributed by atoms with Crippen LogP contribution < -0.4 is 0 Å². The van der Waals surface area contributed by atoms with Gasteiger partial charge in [-0.15, -0.1) is 0 Å². The maximum absolute atomic E-state index is 13.2. The highest BCUT2D eigenvalue weighted by molar-refractivity contribution is 6.31. The van der Waals surface area contributed by atoms with Crippen LogP contribution in [0.1, 0.15) is 31.2 Å². The van der Waals surface area contributed by atoms with Gasteiger partial charge in [0.2, 0.25) is 0 Å². The molecule has 3 nitrogen and oxygen atoms in total. The number of carbonyl (C=O) groups is 1. The van der Waals surface area contributed by atoms with Gasteiger partial charge in [0.15, 0.2) is 0 Å². The summed E-state index contributed by atoms with van der Waals surface area (Å²) in [5, 5.41) is 9.46. The monoisotopic (exact) mass is 285 g/mol. The molecule has 19 heavy (non-hydrogen) atoms. The van der Waals surface area contributed by atoms with Crippen molar-refractivity contribution in [2.75, 3.05) is 6.54 Å². The molecular weight excluding hydrogens is 269 g/mol. The maximum Gasteiger partial charge on any atom is 0.304 e. The molecule has 0 radical (unpaired) electrons. The third-order valence-corrected chi connectivity index (χ3v) is 3.91. The standard InChI is InChI=1S/C14H17ClFNO2/c15-13-5-4-11(16)7-10(13)9-17-6-2-1-3-12(17)8-14(18)19/h4-5,7,12H,1-3,6,8-9H2,(H,18,19). The number of carboxylic acid groups (broad SMARTS) is 1. The number of hydrogen-bond donors (Lipinski definition) is 1. The molecule has 1 atom stereocenters. The molecule has 1 unspecified atom stereocenters. The van der Waals surface area contributed by atoms with Gasteiger partial charge in [0.05, 0.1) is 6.42 Å². The Kier molecular flexibility index (Phi) is 4.77. The van der Waals surface area contributed by atoms with E-state index in [2.05, 4.69) is 4.90 Å². The lowest BCUT2D eigenvalue weighted by Crippen LogP contribution is -2.40. The fraction of sp³-hybridized carbons (Fsp3) is 0.500. The fourth-order valence-corrected chi connectivity index (χ4v) is 2.76. The molecule has 1 heterocycles. The van der Waals surface area contributed by atoms with Crippen LogP contribution in [0.25, 0.3) is 0 Å². The lowest BCUT2D eigenvalue weighted by atomic mass is 9.98.